The molecule has 7 heteroatoms. The van der Waals surface area contributed by atoms with Gasteiger partial charge in [-0.25, -0.2) is 4.98 Å². The molecule has 7 nitrogen and oxygen atoms in total. The maximum Gasteiger partial charge on any atom is 0.258 e. The highest BCUT2D eigenvalue weighted by atomic mass is 16.5. The fourth-order valence-electron chi connectivity index (χ4n) is 8.03. The summed E-state index contributed by atoms with van der Waals surface area (Å²) in [5, 5.41) is 3.99. The van der Waals surface area contributed by atoms with E-state index >= 15 is 0 Å². The molecule has 2 atom stereocenters. The number of nitrogens with one attached hydrogen (secondary N) is 2. The van der Waals surface area contributed by atoms with Crippen molar-refractivity contribution in [2.75, 3.05) is 19.7 Å². The van der Waals surface area contributed by atoms with Crippen molar-refractivity contribution < 1.29 is 9.53 Å². The molecule has 0 radical (unpaired) electrons. The number of hydrogen-bond acceptors (Lipinski definition) is 5. The van der Waals surface area contributed by atoms with Crippen LogP contribution < -0.4 is 10.9 Å². The first-order chi connectivity index (χ1) is 17.0. The molecule has 0 spiro atoms. The van der Waals surface area contributed by atoms with Gasteiger partial charge in [0, 0.05) is 19.2 Å². The van der Waals surface area contributed by atoms with E-state index in [1.165, 1.54) is 38.5 Å². The van der Waals surface area contributed by atoms with Crippen LogP contribution in [0.15, 0.2) is 29.1 Å². The molecule has 5 aliphatic rings. The van der Waals surface area contributed by atoms with E-state index in [2.05, 4.69) is 27.1 Å². The van der Waals surface area contributed by atoms with E-state index in [1.54, 1.807) is 6.07 Å². The molecule has 2 N–H and O–H groups in total. The Morgan fingerprint density at radius 2 is 1.91 bits per heavy atom. The zero-order valence-electron chi connectivity index (χ0n) is 20.8. The fourth-order valence-corrected chi connectivity index (χ4v) is 8.03. The second-order valence-electron chi connectivity index (χ2n) is 11.9. The van der Waals surface area contributed by atoms with Gasteiger partial charge in [-0.15, -0.1) is 0 Å². The highest BCUT2D eigenvalue weighted by Crippen LogP contribution is 2.61. The Bertz CT molecular complexity index is 1100. The Morgan fingerprint density at radius 1 is 1.20 bits per heavy atom. The number of hydrogen-bond donors (Lipinski definition) is 2. The van der Waals surface area contributed by atoms with Crippen molar-refractivity contribution in [2.24, 2.45) is 23.2 Å². The number of carbonyl (C=O) groups excluding carboxylic acids is 1. The summed E-state index contributed by atoms with van der Waals surface area (Å²) in [7, 11) is 0. The molecule has 1 saturated heterocycles. The van der Waals surface area contributed by atoms with Crippen LogP contribution in [-0.2, 0) is 16.1 Å². The van der Waals surface area contributed by atoms with Gasteiger partial charge in [-0.2, -0.15) is 0 Å². The SMILES string of the molecule is C[C@@H](NC(=O)CN(Cc1nc2ccccc2c(=O)[nH]1)C[C@H]1CCCO1)C12CC3CC(CC(C3)C1)C2. The molecule has 5 fully saturated rings. The van der Waals surface area contributed by atoms with Gasteiger partial charge in [0.15, 0.2) is 0 Å². The number of aromatic amines is 1. The van der Waals surface area contributed by atoms with E-state index in [0.717, 1.165) is 37.2 Å². The number of aromatic nitrogens is 2. The minimum atomic E-state index is -0.137. The van der Waals surface area contributed by atoms with Gasteiger partial charge in [0.05, 0.1) is 30.1 Å². The summed E-state index contributed by atoms with van der Waals surface area (Å²) in [6, 6.07) is 7.58. The van der Waals surface area contributed by atoms with Gasteiger partial charge in [0.1, 0.15) is 5.82 Å². The number of carbonyl (C=O) groups is 1. The normalized spacial score (nSPS) is 32.4. The number of amides is 1. The molecule has 35 heavy (non-hydrogen) atoms. The first-order valence-electron chi connectivity index (χ1n) is 13.6. The zero-order chi connectivity index (χ0) is 24.0. The highest BCUT2D eigenvalue weighted by Gasteiger charge is 2.53. The van der Waals surface area contributed by atoms with E-state index < -0.39 is 0 Å². The summed E-state index contributed by atoms with van der Waals surface area (Å²) in [6.07, 6.45) is 10.2. The van der Waals surface area contributed by atoms with Crippen molar-refractivity contribution in [1.82, 2.24) is 20.2 Å². The van der Waals surface area contributed by atoms with Gasteiger partial charge in [-0.05, 0) is 93.6 Å². The Morgan fingerprint density at radius 3 is 2.60 bits per heavy atom. The predicted octanol–water partition coefficient (Wildman–Crippen LogP) is 3.63. The summed E-state index contributed by atoms with van der Waals surface area (Å²) < 4.78 is 5.88. The third-order valence-electron chi connectivity index (χ3n) is 9.27. The van der Waals surface area contributed by atoms with Gasteiger partial charge in [0.25, 0.3) is 5.56 Å². The minimum absolute atomic E-state index is 0.0642. The van der Waals surface area contributed by atoms with Gasteiger partial charge < -0.3 is 15.0 Å². The molecule has 4 saturated carbocycles. The maximum atomic E-state index is 13.3. The topological polar surface area (TPSA) is 87.3 Å². The van der Waals surface area contributed by atoms with Crippen LogP contribution in [0.1, 0.15) is 64.1 Å². The third kappa shape index (κ3) is 4.77. The Balaban J connectivity index is 1.15. The Labute approximate surface area is 207 Å². The molecule has 1 amide bonds. The number of rotatable bonds is 8. The summed E-state index contributed by atoms with van der Waals surface area (Å²) in [6.45, 7) is 4.37. The monoisotopic (exact) mass is 478 g/mol. The van der Waals surface area contributed by atoms with Crippen LogP contribution in [0.3, 0.4) is 0 Å². The lowest BCUT2D eigenvalue weighted by atomic mass is 9.48. The molecule has 7 rings (SSSR count). The van der Waals surface area contributed by atoms with E-state index in [0.29, 0.717) is 29.8 Å². The maximum absolute atomic E-state index is 13.3. The number of fused-ring (bicyclic) bond motifs is 1. The van der Waals surface area contributed by atoms with Crippen molar-refractivity contribution in [2.45, 2.75) is 77.0 Å². The molecule has 1 aliphatic heterocycles. The fraction of sp³-hybridized carbons (Fsp3) is 0.679. The molecular formula is C28H38N4O3. The quantitative estimate of drug-likeness (QED) is 0.605. The van der Waals surface area contributed by atoms with Crippen LogP contribution in [0.2, 0.25) is 0 Å². The van der Waals surface area contributed by atoms with Crippen LogP contribution >= 0.6 is 0 Å². The first-order valence-corrected chi connectivity index (χ1v) is 13.6. The van der Waals surface area contributed by atoms with Crippen LogP contribution in [-0.4, -0.2) is 52.6 Å². The molecule has 1 aromatic heterocycles. The molecule has 4 aliphatic carbocycles. The van der Waals surface area contributed by atoms with Crippen LogP contribution in [0.4, 0.5) is 0 Å². The summed E-state index contributed by atoms with van der Waals surface area (Å²) in [4.78, 5) is 35.6. The van der Waals surface area contributed by atoms with Crippen molar-refractivity contribution in [1.29, 1.82) is 0 Å². The van der Waals surface area contributed by atoms with Gasteiger partial charge in [-0.3, -0.25) is 14.5 Å². The second kappa shape index (κ2) is 9.32. The van der Waals surface area contributed by atoms with Gasteiger partial charge >= 0.3 is 0 Å². The van der Waals surface area contributed by atoms with Crippen LogP contribution in [0.25, 0.3) is 10.9 Å². The number of benzene rings is 1. The highest BCUT2D eigenvalue weighted by molar-refractivity contribution is 5.78. The summed E-state index contributed by atoms with van der Waals surface area (Å²) >= 11 is 0. The number of para-hydroxylation sites is 1. The number of ether oxygens (including phenoxy) is 1. The molecule has 2 aromatic rings. The minimum Gasteiger partial charge on any atom is -0.377 e. The average molecular weight is 479 g/mol. The Hall–Kier alpha value is -2.25. The number of H-pyrrole nitrogens is 1. The van der Waals surface area contributed by atoms with Crippen molar-refractivity contribution in [3.8, 4) is 0 Å². The zero-order valence-corrected chi connectivity index (χ0v) is 20.8. The molecule has 2 heterocycles. The lowest BCUT2D eigenvalue weighted by Crippen LogP contribution is -2.56. The molecular weight excluding hydrogens is 440 g/mol. The first kappa shape index (κ1) is 23.2. The van der Waals surface area contributed by atoms with E-state index in [4.69, 9.17) is 4.74 Å². The molecule has 188 valence electrons. The van der Waals surface area contributed by atoms with Crippen molar-refractivity contribution in [3.05, 3.63) is 40.4 Å². The van der Waals surface area contributed by atoms with Crippen LogP contribution in [0, 0.1) is 23.2 Å². The second-order valence-corrected chi connectivity index (χ2v) is 11.9. The standard InChI is InChI=1S/C28H38N4O3/c1-18(28-12-19-9-20(13-28)11-21(10-19)14-28)29-26(33)17-32(15-22-5-4-8-35-22)16-25-30-24-7-3-2-6-23(24)27(34)31-25/h2-3,6-7,18-22H,4-5,8-17H2,1H3,(H,29,33)(H,30,31,34)/t18-,19?,20?,21?,22-,28?/m1/s1. The smallest absolute Gasteiger partial charge is 0.258 e. The van der Waals surface area contributed by atoms with Crippen molar-refractivity contribution >= 4 is 16.8 Å². The van der Waals surface area contributed by atoms with Gasteiger partial charge in [-0.1, -0.05) is 12.1 Å². The average Bonchev–Trinajstić information content (AvgIpc) is 3.31. The lowest BCUT2D eigenvalue weighted by molar-refractivity contribution is -0.127. The van der Waals surface area contributed by atoms with E-state index in [-0.39, 0.29) is 35.6 Å². The number of nitrogens with zero attached hydrogens (tertiary/aromatic N) is 2. The molecule has 0 unspecified atom stereocenters. The van der Waals surface area contributed by atoms with E-state index in [9.17, 15) is 9.59 Å². The van der Waals surface area contributed by atoms with Gasteiger partial charge in [0.2, 0.25) is 5.91 Å². The summed E-state index contributed by atoms with van der Waals surface area (Å²) in [5.41, 5.74) is 0.834. The third-order valence-corrected chi connectivity index (χ3v) is 9.27. The Kier molecular flexibility index (Phi) is 6.17. The largest absolute Gasteiger partial charge is 0.377 e. The summed E-state index contributed by atoms with van der Waals surface area (Å²) in [5.74, 6) is 3.26. The molecule has 4 bridgehead atoms. The molecule has 1 aromatic carbocycles. The lowest BCUT2D eigenvalue weighted by Gasteiger charge is -2.59. The van der Waals surface area contributed by atoms with Crippen molar-refractivity contribution in [3.63, 3.8) is 0 Å². The predicted molar refractivity (Wildman–Crippen MR) is 135 cm³/mol. The van der Waals surface area contributed by atoms with E-state index in [1.807, 2.05) is 18.2 Å². The van der Waals surface area contributed by atoms with Crippen LogP contribution in [0.5, 0.6) is 0 Å².